The molecule has 1 aliphatic rings. The molecule has 0 bridgehead atoms. The topological polar surface area (TPSA) is 26.8 Å². The number of hydrogen-bond donors (Lipinski definition) is 0. The third-order valence-electron chi connectivity index (χ3n) is 4.15. The number of amides is 1. The van der Waals surface area contributed by atoms with E-state index in [9.17, 15) is 4.79 Å². The number of piperazine rings is 1. The van der Waals surface area contributed by atoms with Gasteiger partial charge in [-0.25, -0.2) is 0 Å². The lowest BCUT2D eigenvalue weighted by atomic mass is 10.2. The summed E-state index contributed by atoms with van der Waals surface area (Å²) in [6.07, 6.45) is 0. The molecular formula is C17H27N3O. The normalized spacial score (nSPS) is 16.7. The van der Waals surface area contributed by atoms with E-state index < -0.39 is 0 Å². The minimum atomic E-state index is 0.257. The summed E-state index contributed by atoms with van der Waals surface area (Å²) in [5.74, 6) is 0.257. The smallest absolute Gasteiger partial charge is 0.236 e. The molecule has 21 heavy (non-hydrogen) atoms. The zero-order valence-electron chi connectivity index (χ0n) is 13.5. The van der Waals surface area contributed by atoms with E-state index in [2.05, 4.69) is 55.0 Å². The van der Waals surface area contributed by atoms with Gasteiger partial charge in [-0.15, -0.1) is 0 Å². The highest BCUT2D eigenvalue weighted by Gasteiger charge is 2.22. The molecule has 0 spiro atoms. The van der Waals surface area contributed by atoms with E-state index in [1.54, 1.807) is 0 Å². The Morgan fingerprint density at radius 2 is 1.76 bits per heavy atom. The van der Waals surface area contributed by atoms with Gasteiger partial charge in [-0.3, -0.25) is 9.69 Å². The molecule has 0 atom stereocenters. The third-order valence-corrected chi connectivity index (χ3v) is 4.15. The van der Waals surface area contributed by atoms with Gasteiger partial charge in [0.05, 0.1) is 6.54 Å². The second-order valence-electron chi connectivity index (χ2n) is 6.17. The van der Waals surface area contributed by atoms with Crippen LogP contribution in [-0.4, -0.2) is 66.4 Å². The Kier molecular flexibility index (Phi) is 5.76. The highest BCUT2D eigenvalue weighted by molar-refractivity contribution is 5.78. The van der Waals surface area contributed by atoms with Crippen LogP contribution in [0.15, 0.2) is 30.3 Å². The Morgan fingerprint density at radius 1 is 1.14 bits per heavy atom. The highest BCUT2D eigenvalue weighted by atomic mass is 16.2. The molecule has 1 heterocycles. The Morgan fingerprint density at radius 3 is 2.33 bits per heavy atom. The molecule has 0 unspecified atom stereocenters. The van der Waals surface area contributed by atoms with Crippen LogP contribution in [0, 0.1) is 0 Å². The summed E-state index contributed by atoms with van der Waals surface area (Å²) in [6, 6.07) is 10.7. The number of carbonyl (C=O) groups is 1. The highest BCUT2D eigenvalue weighted by Crippen LogP contribution is 2.09. The molecule has 1 saturated heterocycles. The van der Waals surface area contributed by atoms with Gasteiger partial charge >= 0.3 is 0 Å². The molecule has 1 fully saturated rings. The van der Waals surface area contributed by atoms with E-state index in [1.165, 1.54) is 5.56 Å². The Bertz CT molecular complexity index is 439. The molecule has 1 amide bonds. The molecule has 0 N–H and O–H groups in total. The van der Waals surface area contributed by atoms with Crippen LogP contribution in [0.4, 0.5) is 0 Å². The number of benzene rings is 1. The lowest BCUT2D eigenvalue weighted by Crippen LogP contribution is -2.50. The maximum atomic E-state index is 12.5. The first kappa shape index (κ1) is 16.0. The molecule has 4 nitrogen and oxygen atoms in total. The van der Waals surface area contributed by atoms with Crippen LogP contribution in [0.25, 0.3) is 0 Å². The van der Waals surface area contributed by atoms with Gasteiger partial charge in [0.25, 0.3) is 0 Å². The molecule has 0 radical (unpaired) electrons. The fourth-order valence-corrected chi connectivity index (χ4v) is 2.57. The number of hydrogen-bond acceptors (Lipinski definition) is 3. The van der Waals surface area contributed by atoms with Gasteiger partial charge in [0, 0.05) is 38.8 Å². The average molecular weight is 289 g/mol. The lowest BCUT2D eigenvalue weighted by molar-refractivity contribution is -0.134. The van der Waals surface area contributed by atoms with Crippen molar-refractivity contribution in [2.45, 2.75) is 26.4 Å². The second-order valence-corrected chi connectivity index (χ2v) is 6.17. The first-order valence-corrected chi connectivity index (χ1v) is 7.80. The summed E-state index contributed by atoms with van der Waals surface area (Å²) in [7, 11) is 2.11. The molecule has 4 heteroatoms. The molecule has 116 valence electrons. The largest absolute Gasteiger partial charge is 0.339 e. The molecule has 1 aliphatic heterocycles. The van der Waals surface area contributed by atoms with E-state index in [0.717, 1.165) is 32.7 Å². The van der Waals surface area contributed by atoms with Gasteiger partial charge < -0.3 is 9.80 Å². The van der Waals surface area contributed by atoms with Gasteiger partial charge in [-0.2, -0.15) is 0 Å². The summed E-state index contributed by atoms with van der Waals surface area (Å²) in [4.78, 5) is 19.0. The van der Waals surface area contributed by atoms with Crippen molar-refractivity contribution >= 4 is 5.91 Å². The standard InChI is InChI=1S/C17H27N3O/c1-15(2)20(13-16-7-5-4-6-8-16)14-17(21)19-11-9-18(3)10-12-19/h4-8,15H,9-14H2,1-3H3. The number of likely N-dealkylation sites (N-methyl/N-ethyl adjacent to an activating group) is 1. The van der Waals surface area contributed by atoms with Gasteiger partial charge in [0.2, 0.25) is 5.91 Å². The number of rotatable bonds is 5. The minimum absolute atomic E-state index is 0.257. The molecule has 2 rings (SSSR count). The SMILES string of the molecule is CC(C)N(CC(=O)N1CCN(C)CC1)Cc1ccccc1. The fourth-order valence-electron chi connectivity index (χ4n) is 2.57. The van der Waals surface area contributed by atoms with E-state index in [-0.39, 0.29) is 5.91 Å². The van der Waals surface area contributed by atoms with Crippen LogP contribution in [0.1, 0.15) is 19.4 Å². The predicted molar refractivity (Wildman–Crippen MR) is 86.1 cm³/mol. The van der Waals surface area contributed by atoms with E-state index in [1.807, 2.05) is 11.0 Å². The maximum absolute atomic E-state index is 12.5. The first-order valence-electron chi connectivity index (χ1n) is 7.80. The zero-order chi connectivity index (χ0) is 15.2. The van der Waals surface area contributed by atoms with Crippen molar-refractivity contribution < 1.29 is 4.79 Å². The van der Waals surface area contributed by atoms with E-state index >= 15 is 0 Å². The Hall–Kier alpha value is -1.39. The van der Waals surface area contributed by atoms with Crippen molar-refractivity contribution in [3.05, 3.63) is 35.9 Å². The fraction of sp³-hybridized carbons (Fsp3) is 0.588. The Labute approximate surface area is 128 Å². The van der Waals surface area contributed by atoms with Gasteiger partial charge in [0.1, 0.15) is 0 Å². The molecule has 0 aliphatic carbocycles. The molecule has 0 aromatic heterocycles. The summed E-state index contributed by atoms with van der Waals surface area (Å²) in [5, 5.41) is 0. The number of nitrogens with zero attached hydrogens (tertiary/aromatic N) is 3. The van der Waals surface area contributed by atoms with Crippen LogP contribution in [0.5, 0.6) is 0 Å². The van der Waals surface area contributed by atoms with Crippen LogP contribution in [0.2, 0.25) is 0 Å². The maximum Gasteiger partial charge on any atom is 0.236 e. The summed E-state index contributed by atoms with van der Waals surface area (Å²) < 4.78 is 0. The van der Waals surface area contributed by atoms with Gasteiger partial charge in [-0.1, -0.05) is 30.3 Å². The minimum Gasteiger partial charge on any atom is -0.339 e. The van der Waals surface area contributed by atoms with Crippen LogP contribution in [-0.2, 0) is 11.3 Å². The van der Waals surface area contributed by atoms with Crippen molar-refractivity contribution in [1.29, 1.82) is 0 Å². The second kappa shape index (κ2) is 7.57. The van der Waals surface area contributed by atoms with Crippen molar-refractivity contribution in [2.75, 3.05) is 39.8 Å². The molecule has 1 aromatic carbocycles. The summed E-state index contributed by atoms with van der Waals surface area (Å²) in [6.45, 7) is 9.31. The van der Waals surface area contributed by atoms with Crippen LogP contribution < -0.4 is 0 Å². The third kappa shape index (κ3) is 4.83. The lowest BCUT2D eigenvalue weighted by Gasteiger charge is -2.35. The van der Waals surface area contributed by atoms with E-state index in [4.69, 9.17) is 0 Å². The van der Waals surface area contributed by atoms with Crippen molar-refractivity contribution in [3.8, 4) is 0 Å². The Balaban J connectivity index is 1.91. The molecular weight excluding hydrogens is 262 g/mol. The van der Waals surface area contributed by atoms with Gasteiger partial charge in [0.15, 0.2) is 0 Å². The first-order chi connectivity index (χ1) is 10.1. The molecule has 0 saturated carbocycles. The van der Waals surface area contributed by atoms with Crippen LogP contribution in [0.3, 0.4) is 0 Å². The zero-order valence-corrected chi connectivity index (χ0v) is 13.5. The van der Waals surface area contributed by atoms with Gasteiger partial charge in [-0.05, 0) is 26.5 Å². The average Bonchev–Trinajstić information content (AvgIpc) is 2.48. The van der Waals surface area contributed by atoms with Crippen molar-refractivity contribution in [2.24, 2.45) is 0 Å². The van der Waals surface area contributed by atoms with Crippen molar-refractivity contribution in [3.63, 3.8) is 0 Å². The quantitative estimate of drug-likeness (QED) is 0.825. The summed E-state index contributed by atoms with van der Waals surface area (Å²) >= 11 is 0. The number of carbonyl (C=O) groups excluding carboxylic acids is 1. The van der Waals surface area contributed by atoms with Crippen LogP contribution >= 0.6 is 0 Å². The predicted octanol–water partition coefficient (Wildman–Crippen LogP) is 1.67. The monoisotopic (exact) mass is 289 g/mol. The van der Waals surface area contributed by atoms with Crippen molar-refractivity contribution in [1.82, 2.24) is 14.7 Å². The summed E-state index contributed by atoms with van der Waals surface area (Å²) in [5.41, 5.74) is 1.26. The molecule has 1 aromatic rings. The van der Waals surface area contributed by atoms with E-state index in [0.29, 0.717) is 12.6 Å².